The molecule has 5 rings (SSSR count). The highest BCUT2D eigenvalue weighted by Crippen LogP contribution is 2.29. The van der Waals surface area contributed by atoms with E-state index < -0.39 is 11.9 Å². The van der Waals surface area contributed by atoms with Gasteiger partial charge in [-0.05, 0) is 30.3 Å². The number of nitrogens with zero attached hydrogens (tertiary/aromatic N) is 7. The lowest BCUT2D eigenvalue weighted by Gasteiger charge is -2.14. The molecule has 0 unspecified atom stereocenters. The molecule has 4 heterocycles. The molecule has 28 heavy (non-hydrogen) atoms. The van der Waals surface area contributed by atoms with Gasteiger partial charge < -0.3 is 4.74 Å². The van der Waals surface area contributed by atoms with Crippen LogP contribution in [0.5, 0.6) is 0 Å². The number of aromatic nitrogens is 6. The van der Waals surface area contributed by atoms with Gasteiger partial charge in [0.1, 0.15) is 18.2 Å². The zero-order valence-electron chi connectivity index (χ0n) is 14.5. The van der Waals surface area contributed by atoms with Gasteiger partial charge in [0, 0.05) is 23.5 Å². The minimum absolute atomic E-state index is 0.308. The summed E-state index contributed by atoms with van der Waals surface area (Å²) in [7, 11) is 0. The molecule has 1 aromatic carbocycles. The molecule has 0 bridgehead atoms. The lowest BCUT2D eigenvalue weighted by atomic mass is 10.1. The van der Waals surface area contributed by atoms with Crippen LogP contribution in [0.25, 0.3) is 16.8 Å². The summed E-state index contributed by atoms with van der Waals surface area (Å²) >= 11 is 0. The van der Waals surface area contributed by atoms with Gasteiger partial charge in [-0.25, -0.2) is 23.4 Å². The lowest BCUT2D eigenvalue weighted by molar-refractivity contribution is 0.129. The van der Waals surface area contributed by atoms with Gasteiger partial charge in [0.25, 0.3) is 0 Å². The van der Waals surface area contributed by atoms with Crippen molar-refractivity contribution in [3.8, 4) is 11.1 Å². The third-order valence-corrected chi connectivity index (χ3v) is 4.59. The third-order valence-electron chi connectivity index (χ3n) is 4.59. The summed E-state index contributed by atoms with van der Waals surface area (Å²) in [6.07, 6.45) is 5.50. The number of halogens is 1. The molecule has 3 aromatic heterocycles. The first-order valence-electron chi connectivity index (χ1n) is 8.59. The molecule has 0 saturated carbocycles. The zero-order chi connectivity index (χ0) is 19.1. The monoisotopic (exact) mass is 379 g/mol. The van der Waals surface area contributed by atoms with Crippen LogP contribution >= 0.6 is 0 Å². The van der Waals surface area contributed by atoms with Crippen molar-refractivity contribution >= 4 is 17.4 Å². The van der Waals surface area contributed by atoms with Gasteiger partial charge in [-0.3, -0.25) is 4.90 Å². The van der Waals surface area contributed by atoms with Crippen molar-refractivity contribution < 1.29 is 13.9 Å². The Hall–Kier alpha value is -3.82. The molecule has 0 spiro atoms. The third kappa shape index (κ3) is 2.84. The number of ether oxygens (including phenoxy) is 1. The first kappa shape index (κ1) is 16.4. The van der Waals surface area contributed by atoms with Crippen LogP contribution in [0.4, 0.5) is 14.9 Å². The molecule has 1 saturated heterocycles. The molecule has 140 valence electrons. The number of rotatable bonds is 4. The molecule has 4 aromatic rings. The molecule has 9 nitrogen and oxygen atoms in total. The zero-order valence-corrected chi connectivity index (χ0v) is 14.5. The first-order chi connectivity index (χ1) is 13.7. The van der Waals surface area contributed by atoms with E-state index in [0.29, 0.717) is 35.6 Å². The van der Waals surface area contributed by atoms with Crippen molar-refractivity contribution in [3.63, 3.8) is 0 Å². The van der Waals surface area contributed by atoms with E-state index in [1.807, 2.05) is 0 Å². The standard InChI is InChI=1S/C18H14FN7O2/c19-16-7-13(25-10-14(28-18(25)27)9-24-6-5-21-23-24)2-3-15(16)12-1-4-17-20-11-22-26(17)8-12/h1-8,11,14H,9-10H2/t14-/m0/s1. The average Bonchev–Trinajstić information content (AvgIpc) is 3.42. The Morgan fingerprint density at radius 1 is 1.25 bits per heavy atom. The Morgan fingerprint density at radius 3 is 3.00 bits per heavy atom. The topological polar surface area (TPSA) is 90.4 Å². The van der Waals surface area contributed by atoms with Crippen LogP contribution in [0.15, 0.2) is 55.2 Å². The number of fused-ring (bicyclic) bond motifs is 1. The molecule has 1 amide bonds. The lowest BCUT2D eigenvalue weighted by Crippen LogP contribution is -2.26. The maximum absolute atomic E-state index is 14.8. The van der Waals surface area contributed by atoms with Gasteiger partial charge >= 0.3 is 6.09 Å². The van der Waals surface area contributed by atoms with Crippen LogP contribution < -0.4 is 4.90 Å². The predicted octanol–water partition coefficient (Wildman–Crippen LogP) is 2.15. The Labute approximate surface area is 158 Å². The van der Waals surface area contributed by atoms with Gasteiger partial charge in [-0.1, -0.05) is 5.21 Å². The Bertz CT molecular complexity index is 1160. The van der Waals surface area contributed by atoms with Crippen LogP contribution in [0.3, 0.4) is 0 Å². The summed E-state index contributed by atoms with van der Waals surface area (Å²) in [6.45, 7) is 0.698. The van der Waals surface area contributed by atoms with E-state index in [2.05, 4.69) is 20.4 Å². The quantitative estimate of drug-likeness (QED) is 0.540. The summed E-state index contributed by atoms with van der Waals surface area (Å²) in [4.78, 5) is 17.7. The van der Waals surface area contributed by atoms with Crippen molar-refractivity contribution in [1.29, 1.82) is 0 Å². The van der Waals surface area contributed by atoms with Crippen LogP contribution in [0, 0.1) is 5.82 Å². The van der Waals surface area contributed by atoms with Gasteiger partial charge in [0.05, 0.1) is 25.0 Å². The number of carbonyl (C=O) groups is 1. The average molecular weight is 379 g/mol. The van der Waals surface area contributed by atoms with Crippen molar-refractivity contribution in [2.75, 3.05) is 11.4 Å². The second-order valence-electron chi connectivity index (χ2n) is 6.39. The maximum atomic E-state index is 14.8. The van der Waals surface area contributed by atoms with Gasteiger partial charge in [-0.2, -0.15) is 5.10 Å². The first-order valence-corrected chi connectivity index (χ1v) is 8.59. The largest absolute Gasteiger partial charge is 0.442 e. The van der Waals surface area contributed by atoms with Crippen molar-refractivity contribution in [3.05, 3.63) is 61.1 Å². The smallest absolute Gasteiger partial charge is 0.414 e. The SMILES string of the molecule is O=C1O[C@@H](Cn2ccnn2)CN1c1ccc(-c2ccc3ncnn3c2)c(F)c1. The Balaban J connectivity index is 1.39. The molecule has 0 N–H and O–H groups in total. The normalized spacial score (nSPS) is 16.7. The second kappa shape index (κ2) is 6.41. The summed E-state index contributed by atoms with van der Waals surface area (Å²) in [5.74, 6) is -0.440. The number of anilines is 1. The number of cyclic esters (lactones) is 1. The van der Waals surface area contributed by atoms with Gasteiger partial charge in [-0.15, -0.1) is 5.10 Å². The number of pyridine rings is 1. The fourth-order valence-electron chi connectivity index (χ4n) is 3.25. The number of benzene rings is 1. The molecule has 1 aliphatic heterocycles. The molecule has 0 aliphatic carbocycles. The van der Waals surface area contributed by atoms with E-state index in [0.717, 1.165) is 0 Å². The molecule has 1 aliphatic rings. The van der Waals surface area contributed by atoms with Gasteiger partial charge in [0.2, 0.25) is 0 Å². The van der Waals surface area contributed by atoms with Crippen molar-refractivity contribution in [2.45, 2.75) is 12.6 Å². The van der Waals surface area contributed by atoms with E-state index in [4.69, 9.17) is 4.74 Å². The summed E-state index contributed by atoms with van der Waals surface area (Å²) in [5, 5.41) is 11.7. The summed E-state index contributed by atoms with van der Waals surface area (Å²) in [6, 6.07) is 8.21. The van der Waals surface area contributed by atoms with Crippen LogP contribution in [0.1, 0.15) is 0 Å². The van der Waals surface area contributed by atoms with E-state index in [1.54, 1.807) is 52.1 Å². The fourth-order valence-corrected chi connectivity index (χ4v) is 3.25. The van der Waals surface area contributed by atoms with E-state index >= 15 is 0 Å². The number of amides is 1. The van der Waals surface area contributed by atoms with Crippen molar-refractivity contribution in [1.82, 2.24) is 29.6 Å². The fraction of sp³-hybridized carbons (Fsp3) is 0.167. The maximum Gasteiger partial charge on any atom is 0.414 e. The van der Waals surface area contributed by atoms with Crippen LogP contribution in [-0.2, 0) is 11.3 Å². The number of hydrogen-bond donors (Lipinski definition) is 0. The highest BCUT2D eigenvalue weighted by Gasteiger charge is 2.33. The van der Waals surface area contributed by atoms with E-state index in [1.165, 1.54) is 17.3 Å². The Morgan fingerprint density at radius 2 is 2.18 bits per heavy atom. The van der Waals surface area contributed by atoms with E-state index in [9.17, 15) is 9.18 Å². The van der Waals surface area contributed by atoms with Crippen molar-refractivity contribution in [2.24, 2.45) is 0 Å². The van der Waals surface area contributed by atoms with Crippen LogP contribution in [0.2, 0.25) is 0 Å². The molecular weight excluding hydrogens is 365 g/mol. The molecule has 10 heteroatoms. The van der Waals surface area contributed by atoms with Gasteiger partial charge in [0.15, 0.2) is 5.65 Å². The molecule has 1 atom stereocenters. The Kier molecular flexibility index (Phi) is 3.75. The minimum Gasteiger partial charge on any atom is -0.442 e. The molecular formula is C18H14FN7O2. The van der Waals surface area contributed by atoms with E-state index in [-0.39, 0.29) is 6.10 Å². The number of carbonyl (C=O) groups excluding carboxylic acids is 1. The highest BCUT2D eigenvalue weighted by molar-refractivity contribution is 5.90. The highest BCUT2D eigenvalue weighted by atomic mass is 19.1. The minimum atomic E-state index is -0.513. The predicted molar refractivity (Wildman–Crippen MR) is 96.0 cm³/mol. The summed E-state index contributed by atoms with van der Waals surface area (Å²) in [5.41, 5.74) is 2.19. The second-order valence-corrected chi connectivity index (χ2v) is 6.39. The molecule has 0 radical (unpaired) electrons. The summed E-state index contributed by atoms with van der Waals surface area (Å²) < 4.78 is 23.3. The number of hydrogen-bond acceptors (Lipinski definition) is 6. The molecule has 1 fully saturated rings. The van der Waals surface area contributed by atoms with Crippen LogP contribution in [-0.4, -0.2) is 48.3 Å².